The molecule has 0 aliphatic carbocycles. The van der Waals surface area contributed by atoms with Gasteiger partial charge in [0.15, 0.2) is 5.69 Å². The van der Waals surface area contributed by atoms with Gasteiger partial charge in [0.1, 0.15) is 0 Å². The molecule has 2 N–H and O–H groups in total. The van der Waals surface area contributed by atoms with Crippen molar-refractivity contribution in [2.24, 2.45) is 0 Å². The van der Waals surface area contributed by atoms with E-state index in [4.69, 9.17) is 4.74 Å². The molecule has 1 aliphatic heterocycles. The van der Waals surface area contributed by atoms with Gasteiger partial charge in [-0.1, -0.05) is 5.21 Å². The van der Waals surface area contributed by atoms with Crippen LogP contribution in [0.2, 0.25) is 0 Å². The topological polar surface area (TPSA) is 81.1 Å². The fourth-order valence-corrected chi connectivity index (χ4v) is 2.80. The van der Waals surface area contributed by atoms with Crippen LogP contribution in [-0.4, -0.2) is 52.7 Å². The predicted molar refractivity (Wildman–Crippen MR) is 91.0 cm³/mol. The van der Waals surface area contributed by atoms with Gasteiger partial charge >= 0.3 is 0 Å². The van der Waals surface area contributed by atoms with Crippen LogP contribution in [0.15, 0.2) is 6.20 Å². The number of nitrogens with zero attached hydrogens (tertiary/aromatic N) is 3. The highest BCUT2D eigenvalue weighted by Gasteiger charge is 2.23. The van der Waals surface area contributed by atoms with Crippen molar-refractivity contribution in [3.8, 4) is 0 Å². The summed E-state index contributed by atoms with van der Waals surface area (Å²) in [5, 5.41) is 14.4. The molecular formula is C15H28ClN5O2. The third kappa shape index (κ3) is 5.75. The first-order valence-corrected chi connectivity index (χ1v) is 7.90. The number of carbonyl (C=O) groups excluding carboxylic acids is 1. The van der Waals surface area contributed by atoms with Gasteiger partial charge in [-0.15, -0.1) is 17.5 Å². The van der Waals surface area contributed by atoms with Crippen LogP contribution in [0.5, 0.6) is 0 Å². The summed E-state index contributed by atoms with van der Waals surface area (Å²) >= 11 is 0. The van der Waals surface area contributed by atoms with Crippen LogP contribution < -0.4 is 10.6 Å². The molecular weight excluding hydrogens is 318 g/mol. The van der Waals surface area contributed by atoms with Crippen molar-refractivity contribution in [2.75, 3.05) is 20.2 Å². The van der Waals surface area contributed by atoms with Crippen molar-refractivity contribution >= 4 is 18.3 Å². The standard InChI is InChI=1S/C15H27N5O2.ClH/c1-11(9-15(2,3)22-4)17-14(21)13-10-20(19-18-13)12-5-7-16-8-6-12;/h10-12,16H,5-9H2,1-4H3,(H,17,21);1H. The van der Waals surface area contributed by atoms with E-state index in [9.17, 15) is 4.79 Å². The van der Waals surface area contributed by atoms with Crippen molar-refractivity contribution < 1.29 is 9.53 Å². The summed E-state index contributed by atoms with van der Waals surface area (Å²) in [5.41, 5.74) is 0.111. The van der Waals surface area contributed by atoms with Gasteiger partial charge in [0.25, 0.3) is 5.91 Å². The van der Waals surface area contributed by atoms with Gasteiger partial charge in [-0.3, -0.25) is 4.79 Å². The zero-order valence-electron chi connectivity index (χ0n) is 14.3. The molecule has 2 heterocycles. The highest BCUT2D eigenvalue weighted by molar-refractivity contribution is 5.92. The first-order valence-electron chi connectivity index (χ1n) is 7.90. The Kier molecular flexibility index (Phi) is 7.44. The Labute approximate surface area is 143 Å². The third-order valence-electron chi connectivity index (χ3n) is 4.15. The monoisotopic (exact) mass is 345 g/mol. The summed E-state index contributed by atoms with van der Waals surface area (Å²) in [6.45, 7) is 7.94. The normalized spacial score (nSPS) is 17.4. The van der Waals surface area contributed by atoms with E-state index in [1.54, 1.807) is 13.3 Å². The number of amides is 1. The molecule has 0 radical (unpaired) electrons. The Bertz CT molecular complexity index is 500. The quantitative estimate of drug-likeness (QED) is 0.817. The number of rotatable bonds is 6. The van der Waals surface area contributed by atoms with Crippen molar-refractivity contribution in [3.63, 3.8) is 0 Å². The zero-order chi connectivity index (χ0) is 16.2. The van der Waals surface area contributed by atoms with Gasteiger partial charge in [0.05, 0.1) is 17.8 Å². The minimum absolute atomic E-state index is 0. The summed E-state index contributed by atoms with van der Waals surface area (Å²) in [5.74, 6) is -0.181. The van der Waals surface area contributed by atoms with Crippen LogP contribution in [0.25, 0.3) is 0 Å². The Morgan fingerprint density at radius 2 is 2.17 bits per heavy atom. The van der Waals surface area contributed by atoms with Crippen molar-refractivity contribution in [2.45, 2.75) is 57.7 Å². The molecule has 2 rings (SSSR count). The minimum Gasteiger partial charge on any atom is -0.379 e. The van der Waals surface area contributed by atoms with Crippen LogP contribution in [0.1, 0.15) is 56.6 Å². The molecule has 132 valence electrons. The average Bonchev–Trinajstić information content (AvgIpc) is 2.97. The summed E-state index contributed by atoms with van der Waals surface area (Å²) in [6.07, 6.45) is 4.52. The molecule has 1 unspecified atom stereocenters. The van der Waals surface area contributed by atoms with Crippen molar-refractivity contribution in [1.82, 2.24) is 25.6 Å². The molecule has 1 atom stereocenters. The second kappa shape index (κ2) is 8.61. The van der Waals surface area contributed by atoms with Crippen LogP contribution in [0, 0.1) is 0 Å². The molecule has 8 heteroatoms. The fraction of sp³-hybridized carbons (Fsp3) is 0.800. The molecule has 0 bridgehead atoms. The molecule has 7 nitrogen and oxygen atoms in total. The molecule has 1 aromatic heterocycles. The highest BCUT2D eigenvalue weighted by Crippen LogP contribution is 2.18. The van der Waals surface area contributed by atoms with Gasteiger partial charge in [-0.25, -0.2) is 4.68 Å². The Morgan fingerprint density at radius 3 is 2.78 bits per heavy atom. The van der Waals surface area contributed by atoms with E-state index in [2.05, 4.69) is 20.9 Å². The second-order valence-corrected chi connectivity index (χ2v) is 6.61. The number of aromatic nitrogens is 3. The van der Waals surface area contributed by atoms with Crippen LogP contribution >= 0.6 is 12.4 Å². The van der Waals surface area contributed by atoms with Crippen molar-refractivity contribution in [3.05, 3.63) is 11.9 Å². The number of methoxy groups -OCH3 is 1. The van der Waals surface area contributed by atoms with E-state index < -0.39 is 0 Å². The van der Waals surface area contributed by atoms with Crippen LogP contribution in [0.3, 0.4) is 0 Å². The van der Waals surface area contributed by atoms with Gasteiger partial charge < -0.3 is 15.4 Å². The van der Waals surface area contributed by atoms with Gasteiger partial charge in [0, 0.05) is 13.2 Å². The van der Waals surface area contributed by atoms with Crippen LogP contribution in [-0.2, 0) is 4.74 Å². The smallest absolute Gasteiger partial charge is 0.273 e. The Morgan fingerprint density at radius 1 is 1.52 bits per heavy atom. The number of ether oxygens (including phenoxy) is 1. The van der Waals surface area contributed by atoms with Gasteiger partial charge in [0.2, 0.25) is 0 Å². The second-order valence-electron chi connectivity index (χ2n) is 6.61. The lowest BCUT2D eigenvalue weighted by Gasteiger charge is -2.26. The maximum Gasteiger partial charge on any atom is 0.273 e. The molecule has 0 saturated carbocycles. The lowest BCUT2D eigenvalue weighted by Crippen LogP contribution is -2.39. The van der Waals surface area contributed by atoms with E-state index in [0.29, 0.717) is 11.7 Å². The first-order chi connectivity index (χ1) is 10.4. The molecule has 1 aromatic rings. The summed E-state index contributed by atoms with van der Waals surface area (Å²) in [4.78, 5) is 12.2. The SMILES string of the molecule is COC(C)(C)CC(C)NC(=O)c1cn(C2CCNCC2)nn1.Cl. The summed E-state index contributed by atoms with van der Waals surface area (Å²) < 4.78 is 7.21. The Balaban J connectivity index is 0.00000264. The number of piperidine rings is 1. The zero-order valence-corrected chi connectivity index (χ0v) is 15.2. The first kappa shape index (κ1) is 19.9. The van der Waals surface area contributed by atoms with E-state index in [0.717, 1.165) is 32.4 Å². The lowest BCUT2D eigenvalue weighted by molar-refractivity contribution is 0.00883. The maximum atomic E-state index is 12.2. The van der Waals surface area contributed by atoms with Crippen molar-refractivity contribution in [1.29, 1.82) is 0 Å². The average molecular weight is 346 g/mol. The molecule has 1 saturated heterocycles. The number of nitrogens with one attached hydrogen (secondary N) is 2. The van der Waals surface area contributed by atoms with Gasteiger partial charge in [-0.05, 0) is 53.1 Å². The number of hydrogen-bond donors (Lipinski definition) is 2. The van der Waals surface area contributed by atoms with Crippen LogP contribution in [0.4, 0.5) is 0 Å². The number of halogens is 1. The van der Waals surface area contributed by atoms with Gasteiger partial charge in [-0.2, -0.15) is 0 Å². The minimum atomic E-state index is -0.264. The molecule has 0 aromatic carbocycles. The predicted octanol–water partition coefficient (Wildman–Crippen LogP) is 1.56. The summed E-state index contributed by atoms with van der Waals surface area (Å²) in [7, 11) is 1.68. The molecule has 23 heavy (non-hydrogen) atoms. The largest absolute Gasteiger partial charge is 0.379 e. The summed E-state index contributed by atoms with van der Waals surface area (Å²) in [6, 6.07) is 0.339. The van der Waals surface area contributed by atoms with E-state index in [-0.39, 0.29) is 30.0 Å². The fourth-order valence-electron chi connectivity index (χ4n) is 2.80. The molecule has 1 fully saturated rings. The Hall–Kier alpha value is -1.18. The molecule has 0 spiro atoms. The van der Waals surface area contributed by atoms with E-state index in [1.165, 1.54) is 0 Å². The number of hydrogen-bond acceptors (Lipinski definition) is 5. The third-order valence-corrected chi connectivity index (χ3v) is 4.15. The lowest BCUT2D eigenvalue weighted by atomic mass is 10.00. The maximum absolute atomic E-state index is 12.2. The molecule has 1 aliphatic rings. The van der Waals surface area contributed by atoms with E-state index >= 15 is 0 Å². The highest BCUT2D eigenvalue weighted by atomic mass is 35.5. The number of carbonyl (C=O) groups is 1. The molecule has 1 amide bonds. The van der Waals surface area contributed by atoms with E-state index in [1.807, 2.05) is 25.5 Å².